The molecule has 9 heteroatoms. The van der Waals surface area contributed by atoms with E-state index in [1.807, 2.05) is 24.4 Å². The van der Waals surface area contributed by atoms with Gasteiger partial charge in [-0.15, -0.1) is 11.3 Å². The van der Waals surface area contributed by atoms with Gasteiger partial charge in [0.1, 0.15) is 0 Å². The monoisotopic (exact) mass is 367 g/mol. The van der Waals surface area contributed by atoms with Gasteiger partial charge in [-0.25, -0.2) is 9.69 Å². The van der Waals surface area contributed by atoms with E-state index in [4.69, 9.17) is 0 Å². The van der Waals surface area contributed by atoms with Gasteiger partial charge in [-0.05, 0) is 17.9 Å². The minimum Gasteiger partial charge on any atom is -0.351 e. The van der Waals surface area contributed by atoms with Crippen molar-refractivity contribution in [2.24, 2.45) is 0 Å². The van der Waals surface area contributed by atoms with Crippen LogP contribution in [0.2, 0.25) is 0 Å². The highest BCUT2D eigenvalue weighted by Crippen LogP contribution is 2.14. The number of amides is 5. The number of carbonyl (C=O) groups excluding carboxylic acids is 4. The molecule has 2 rings (SSSR count). The number of imide groups is 2. The maximum atomic E-state index is 12.4. The van der Waals surface area contributed by atoms with E-state index >= 15 is 0 Å². The van der Waals surface area contributed by atoms with Crippen LogP contribution >= 0.6 is 11.3 Å². The predicted molar refractivity (Wildman–Crippen MR) is 91.9 cm³/mol. The molecular formula is C16H23N4O4S+. The number of hydrogen-bond donors (Lipinski definition) is 2. The van der Waals surface area contributed by atoms with Gasteiger partial charge in [0.05, 0.1) is 7.05 Å². The number of nitrogens with one attached hydrogen (secondary N) is 2. The van der Waals surface area contributed by atoms with Crippen molar-refractivity contribution in [1.82, 2.24) is 15.1 Å². The Morgan fingerprint density at radius 1 is 1.24 bits per heavy atom. The molecule has 1 fully saturated rings. The van der Waals surface area contributed by atoms with Crippen molar-refractivity contribution in [3.63, 3.8) is 0 Å². The maximum absolute atomic E-state index is 12.4. The van der Waals surface area contributed by atoms with Crippen molar-refractivity contribution in [2.45, 2.75) is 19.8 Å². The first-order valence-electron chi connectivity index (χ1n) is 8.21. The van der Waals surface area contributed by atoms with Crippen molar-refractivity contribution in [1.29, 1.82) is 0 Å². The first kappa shape index (κ1) is 19.1. The fourth-order valence-corrected chi connectivity index (χ4v) is 3.19. The Bertz CT molecular complexity index is 647. The Balaban J connectivity index is 1.90. The van der Waals surface area contributed by atoms with E-state index in [1.54, 1.807) is 7.05 Å². The van der Waals surface area contributed by atoms with Crippen LogP contribution in [0.5, 0.6) is 0 Å². The second-order valence-corrected chi connectivity index (χ2v) is 6.98. The van der Waals surface area contributed by atoms with Gasteiger partial charge in [-0.3, -0.25) is 19.3 Å². The van der Waals surface area contributed by atoms with E-state index in [1.165, 1.54) is 11.3 Å². The van der Waals surface area contributed by atoms with Gasteiger partial charge in [0.15, 0.2) is 13.2 Å². The summed E-state index contributed by atoms with van der Waals surface area (Å²) in [4.78, 5) is 51.8. The molecule has 1 unspecified atom stereocenters. The summed E-state index contributed by atoms with van der Waals surface area (Å²) >= 11 is 1.54. The molecule has 136 valence electrons. The molecule has 2 heterocycles. The summed E-state index contributed by atoms with van der Waals surface area (Å²) in [7, 11) is 1.70. The molecule has 0 bridgehead atoms. The summed E-state index contributed by atoms with van der Waals surface area (Å²) < 4.78 is 0. The summed E-state index contributed by atoms with van der Waals surface area (Å²) in [5, 5.41) is 4.66. The first-order valence-corrected chi connectivity index (χ1v) is 9.09. The second kappa shape index (κ2) is 8.72. The summed E-state index contributed by atoms with van der Waals surface area (Å²) in [6.45, 7) is 2.83. The van der Waals surface area contributed by atoms with Gasteiger partial charge in [-0.1, -0.05) is 13.0 Å². The number of urea groups is 1. The van der Waals surface area contributed by atoms with E-state index < -0.39 is 17.8 Å². The average molecular weight is 367 g/mol. The van der Waals surface area contributed by atoms with E-state index in [0.717, 1.165) is 21.1 Å². The molecule has 1 aliphatic heterocycles. The molecule has 0 aliphatic carbocycles. The van der Waals surface area contributed by atoms with Crippen LogP contribution in [0.15, 0.2) is 17.5 Å². The molecule has 1 aliphatic rings. The summed E-state index contributed by atoms with van der Waals surface area (Å²) in [5.41, 5.74) is 0. The van der Waals surface area contributed by atoms with Crippen LogP contribution in [0.1, 0.15) is 18.2 Å². The number of rotatable bonds is 9. The van der Waals surface area contributed by atoms with Crippen molar-refractivity contribution in [3.05, 3.63) is 22.4 Å². The van der Waals surface area contributed by atoms with Crippen LogP contribution in [0, 0.1) is 0 Å². The van der Waals surface area contributed by atoms with Crippen molar-refractivity contribution in [3.8, 4) is 0 Å². The molecule has 0 aromatic carbocycles. The quantitative estimate of drug-likeness (QED) is 0.436. The second-order valence-electron chi connectivity index (χ2n) is 5.94. The Hall–Kier alpha value is -2.26. The van der Waals surface area contributed by atoms with Crippen LogP contribution in [-0.4, -0.2) is 66.9 Å². The minimum atomic E-state index is -0.829. The standard InChI is InChI=1S/C16H22N4O4S/c1-3-7-17-13(21)10-18(2)11-20-15(23)14(22)19(16(20)24)8-6-12-5-4-9-25-12/h4-5,9H,3,6-8,10-11H2,1-2H3,(H,17,21)/p+1. The Kier molecular flexibility index (Phi) is 6.65. The topological polar surface area (TPSA) is 91.2 Å². The highest BCUT2D eigenvalue weighted by atomic mass is 32.1. The van der Waals surface area contributed by atoms with Crippen molar-refractivity contribution in [2.75, 3.05) is 33.4 Å². The van der Waals surface area contributed by atoms with Gasteiger partial charge >= 0.3 is 17.8 Å². The van der Waals surface area contributed by atoms with Crippen molar-refractivity contribution < 1.29 is 24.1 Å². The fraction of sp³-hybridized carbons (Fsp3) is 0.500. The van der Waals surface area contributed by atoms with Gasteiger partial charge in [0.25, 0.3) is 5.91 Å². The molecule has 0 radical (unpaired) electrons. The SMILES string of the molecule is CCCNC(=O)C[NH+](C)CN1C(=O)C(=O)N(CCc2cccs2)C1=O. The molecule has 25 heavy (non-hydrogen) atoms. The number of thiophene rings is 1. The molecule has 0 spiro atoms. The zero-order chi connectivity index (χ0) is 18.4. The van der Waals surface area contributed by atoms with Gasteiger partial charge < -0.3 is 10.2 Å². The molecule has 8 nitrogen and oxygen atoms in total. The summed E-state index contributed by atoms with van der Waals surface area (Å²) in [6.07, 6.45) is 1.36. The van der Waals surface area contributed by atoms with Crippen LogP contribution in [0.4, 0.5) is 4.79 Å². The highest BCUT2D eigenvalue weighted by molar-refractivity contribution is 7.09. The Morgan fingerprint density at radius 2 is 1.96 bits per heavy atom. The predicted octanol–water partition coefficient (Wildman–Crippen LogP) is -0.920. The highest BCUT2D eigenvalue weighted by Gasteiger charge is 2.45. The van der Waals surface area contributed by atoms with Crippen LogP contribution in [0.25, 0.3) is 0 Å². The normalized spacial score (nSPS) is 15.8. The van der Waals surface area contributed by atoms with E-state index in [2.05, 4.69) is 5.32 Å². The van der Waals surface area contributed by atoms with E-state index in [-0.39, 0.29) is 25.7 Å². The maximum Gasteiger partial charge on any atom is 0.338 e. The molecular weight excluding hydrogens is 344 g/mol. The van der Waals surface area contributed by atoms with Gasteiger partial charge in [-0.2, -0.15) is 0 Å². The van der Waals surface area contributed by atoms with Gasteiger partial charge in [0.2, 0.25) is 0 Å². The molecule has 1 aromatic rings. The van der Waals surface area contributed by atoms with Crippen LogP contribution in [-0.2, 0) is 20.8 Å². The van der Waals surface area contributed by atoms with Crippen molar-refractivity contribution >= 4 is 35.1 Å². The minimum absolute atomic E-state index is 0.0154. The number of hydrogen-bond acceptors (Lipinski definition) is 5. The summed E-state index contributed by atoms with van der Waals surface area (Å²) in [6, 6.07) is 3.20. The van der Waals surface area contributed by atoms with E-state index in [0.29, 0.717) is 17.9 Å². The van der Waals surface area contributed by atoms with E-state index in [9.17, 15) is 19.2 Å². The molecule has 1 saturated heterocycles. The molecule has 5 amide bonds. The zero-order valence-electron chi connectivity index (χ0n) is 14.4. The molecule has 2 N–H and O–H groups in total. The number of carbonyl (C=O) groups is 4. The Labute approximate surface area is 150 Å². The Morgan fingerprint density at radius 3 is 2.60 bits per heavy atom. The molecule has 1 aromatic heterocycles. The van der Waals surface area contributed by atoms with Gasteiger partial charge in [0, 0.05) is 24.4 Å². The lowest BCUT2D eigenvalue weighted by atomic mass is 10.3. The lowest BCUT2D eigenvalue weighted by Crippen LogP contribution is -3.12. The smallest absolute Gasteiger partial charge is 0.338 e. The molecule has 0 saturated carbocycles. The lowest BCUT2D eigenvalue weighted by molar-refractivity contribution is -0.879. The van der Waals surface area contributed by atoms with Crippen LogP contribution < -0.4 is 10.2 Å². The number of quaternary nitrogens is 1. The third-order valence-corrected chi connectivity index (χ3v) is 4.70. The first-order chi connectivity index (χ1) is 11.9. The number of likely N-dealkylation sites (N-methyl/N-ethyl adjacent to an activating group) is 1. The number of nitrogens with zero attached hydrogens (tertiary/aromatic N) is 2. The zero-order valence-corrected chi connectivity index (χ0v) is 15.2. The lowest BCUT2D eigenvalue weighted by Gasteiger charge is -2.19. The largest absolute Gasteiger partial charge is 0.351 e. The third kappa shape index (κ3) is 4.86. The van der Waals surface area contributed by atoms with Crippen LogP contribution in [0.3, 0.4) is 0 Å². The molecule has 1 atom stereocenters. The average Bonchev–Trinajstić information content (AvgIpc) is 3.15. The summed E-state index contributed by atoms with van der Waals surface area (Å²) in [5.74, 6) is -1.78. The third-order valence-electron chi connectivity index (χ3n) is 3.76. The fourth-order valence-electron chi connectivity index (χ4n) is 2.49.